The Labute approximate surface area is 210 Å². The van der Waals surface area contributed by atoms with E-state index in [1.165, 1.54) is 0 Å². The Morgan fingerprint density at radius 2 is 2.11 bits per heavy atom. The van der Waals surface area contributed by atoms with Crippen LogP contribution in [0.5, 0.6) is 0 Å². The smallest absolute Gasteiger partial charge is 0.242 e. The molecule has 1 aliphatic heterocycles. The molecule has 5 aromatic rings. The fourth-order valence-corrected chi connectivity index (χ4v) is 5.68. The van der Waals surface area contributed by atoms with Crippen molar-refractivity contribution in [2.24, 2.45) is 0 Å². The predicted octanol–water partition coefficient (Wildman–Crippen LogP) is 4.13. The normalized spacial score (nSPS) is 16.5. The highest BCUT2D eigenvalue weighted by Gasteiger charge is 2.30. The number of amides is 1. The van der Waals surface area contributed by atoms with E-state index >= 15 is 0 Å². The van der Waals surface area contributed by atoms with E-state index in [9.17, 15) is 4.79 Å². The van der Waals surface area contributed by atoms with E-state index in [0.29, 0.717) is 11.6 Å². The number of aryl methyl sites for hydroxylation is 1. The van der Waals surface area contributed by atoms with Crippen LogP contribution in [0.15, 0.2) is 42.3 Å². The molecule has 1 unspecified atom stereocenters. The minimum absolute atomic E-state index is 0.0469. The second-order valence-corrected chi connectivity index (χ2v) is 10.0. The van der Waals surface area contributed by atoms with Crippen molar-refractivity contribution < 1.29 is 4.79 Å². The molecule has 1 aliphatic rings. The molecule has 0 bridgehead atoms. The highest BCUT2D eigenvalue weighted by molar-refractivity contribution is 7.14. The van der Waals surface area contributed by atoms with E-state index < -0.39 is 0 Å². The third-order valence-corrected chi connectivity index (χ3v) is 7.82. The molecule has 11 heteroatoms. The lowest BCUT2D eigenvalue weighted by Crippen LogP contribution is -2.54. The number of thiazole rings is 1. The molecule has 1 N–H and O–H groups in total. The van der Waals surface area contributed by atoms with Crippen molar-refractivity contribution in [1.29, 1.82) is 0 Å². The lowest BCUT2D eigenvalue weighted by Gasteiger charge is -2.40. The van der Waals surface area contributed by atoms with E-state index in [1.54, 1.807) is 23.9 Å². The molecule has 1 fully saturated rings. The average Bonchev–Trinajstić information content (AvgIpc) is 3.60. The molecule has 0 radical (unpaired) electrons. The van der Waals surface area contributed by atoms with Crippen molar-refractivity contribution in [3.63, 3.8) is 0 Å². The Bertz CT molecular complexity index is 1560. The molecule has 1 saturated heterocycles. The molecule has 178 valence electrons. The zero-order valence-corrected chi connectivity index (χ0v) is 20.8. The van der Waals surface area contributed by atoms with Crippen molar-refractivity contribution in [1.82, 2.24) is 34.4 Å². The summed E-state index contributed by atoms with van der Waals surface area (Å²) in [5, 5.41) is 1.75. The number of hydrogen-bond acceptors (Lipinski definition) is 7. The minimum Gasteiger partial charge on any atom is -0.358 e. The van der Waals surface area contributed by atoms with Crippen LogP contribution >= 0.6 is 22.9 Å². The molecule has 4 aromatic heterocycles. The number of aromatic amines is 1. The quantitative estimate of drug-likeness (QED) is 0.394. The van der Waals surface area contributed by atoms with E-state index in [-0.39, 0.29) is 18.5 Å². The average molecular weight is 507 g/mol. The highest BCUT2D eigenvalue weighted by Crippen LogP contribution is 2.35. The van der Waals surface area contributed by atoms with Crippen LogP contribution in [0.4, 0.5) is 5.00 Å². The summed E-state index contributed by atoms with van der Waals surface area (Å²) in [6.07, 6.45) is 3.40. The maximum absolute atomic E-state index is 13.2. The lowest BCUT2D eigenvalue weighted by molar-refractivity contribution is -0.134. The van der Waals surface area contributed by atoms with Crippen LogP contribution in [0.25, 0.3) is 33.7 Å². The lowest BCUT2D eigenvalue weighted by atomic mass is 10.2. The highest BCUT2D eigenvalue weighted by atomic mass is 35.5. The van der Waals surface area contributed by atoms with Gasteiger partial charge in [0, 0.05) is 36.9 Å². The fourth-order valence-electron chi connectivity index (χ4n) is 4.69. The number of piperazine rings is 1. The predicted molar refractivity (Wildman–Crippen MR) is 138 cm³/mol. The summed E-state index contributed by atoms with van der Waals surface area (Å²) < 4.78 is 1.81. The van der Waals surface area contributed by atoms with Gasteiger partial charge in [0.15, 0.2) is 11.5 Å². The van der Waals surface area contributed by atoms with Gasteiger partial charge in [-0.1, -0.05) is 11.6 Å². The zero-order chi connectivity index (χ0) is 24.1. The number of pyridine rings is 1. The number of nitrogens with zero attached hydrogens (tertiary/aromatic N) is 7. The maximum Gasteiger partial charge on any atom is 0.242 e. The molecule has 0 aliphatic carbocycles. The van der Waals surface area contributed by atoms with Gasteiger partial charge in [-0.25, -0.2) is 19.9 Å². The van der Waals surface area contributed by atoms with Crippen molar-refractivity contribution >= 4 is 56.0 Å². The number of fused-ring (bicyclic) bond motifs is 2. The third-order valence-electron chi connectivity index (χ3n) is 6.53. The molecule has 9 nitrogen and oxygen atoms in total. The number of H-pyrrole nitrogens is 1. The summed E-state index contributed by atoms with van der Waals surface area (Å²) in [7, 11) is 0. The number of benzene rings is 1. The summed E-state index contributed by atoms with van der Waals surface area (Å²) in [5.41, 5.74) is 6.93. The Morgan fingerprint density at radius 1 is 1.23 bits per heavy atom. The number of nitrogens with one attached hydrogen (secondary N) is 1. The Balaban J connectivity index is 1.20. The SMILES string of the molecule is Cc1c(Cl)ccc2[nH]c(-c3ncsc3N3CCN(C(=O)Cn4cnc5cccnc54)C(C)C3)nc12. The summed E-state index contributed by atoms with van der Waals surface area (Å²) in [6, 6.07) is 7.61. The first-order valence-corrected chi connectivity index (χ1v) is 12.6. The summed E-state index contributed by atoms with van der Waals surface area (Å²) in [6.45, 7) is 6.35. The molecular formula is C24H23ClN8OS. The Hall–Kier alpha value is -3.50. The number of anilines is 1. The van der Waals surface area contributed by atoms with Crippen molar-refractivity contribution in [2.45, 2.75) is 26.4 Å². The molecule has 6 rings (SSSR count). The number of aromatic nitrogens is 6. The summed E-state index contributed by atoms with van der Waals surface area (Å²) in [5.74, 6) is 0.795. The summed E-state index contributed by atoms with van der Waals surface area (Å²) in [4.78, 5) is 38.9. The second kappa shape index (κ2) is 8.62. The molecule has 0 spiro atoms. The van der Waals surface area contributed by atoms with E-state index in [0.717, 1.165) is 57.4 Å². The maximum atomic E-state index is 13.2. The third kappa shape index (κ3) is 3.82. The van der Waals surface area contributed by atoms with Gasteiger partial charge in [0.05, 0.1) is 22.9 Å². The van der Waals surface area contributed by atoms with Gasteiger partial charge < -0.3 is 19.4 Å². The van der Waals surface area contributed by atoms with Gasteiger partial charge in [-0.15, -0.1) is 11.3 Å². The van der Waals surface area contributed by atoms with Crippen LogP contribution in [0.2, 0.25) is 5.02 Å². The van der Waals surface area contributed by atoms with Crippen LogP contribution in [0.3, 0.4) is 0 Å². The summed E-state index contributed by atoms with van der Waals surface area (Å²) >= 11 is 7.88. The second-order valence-electron chi connectivity index (χ2n) is 8.76. The van der Waals surface area contributed by atoms with Gasteiger partial charge in [-0.2, -0.15) is 0 Å². The van der Waals surface area contributed by atoms with Crippen LogP contribution in [0.1, 0.15) is 12.5 Å². The van der Waals surface area contributed by atoms with Gasteiger partial charge >= 0.3 is 0 Å². The van der Waals surface area contributed by atoms with Gasteiger partial charge in [-0.05, 0) is 43.7 Å². The zero-order valence-electron chi connectivity index (χ0n) is 19.3. The van der Waals surface area contributed by atoms with Crippen LogP contribution < -0.4 is 4.90 Å². The number of rotatable bonds is 4. The first kappa shape index (κ1) is 22.0. The molecule has 1 atom stereocenters. The van der Waals surface area contributed by atoms with Crippen LogP contribution in [-0.4, -0.2) is 66.0 Å². The van der Waals surface area contributed by atoms with Crippen molar-refractivity contribution in [3.8, 4) is 11.5 Å². The number of carbonyl (C=O) groups excluding carboxylic acids is 1. The van der Waals surface area contributed by atoms with Gasteiger partial charge in [0.1, 0.15) is 22.8 Å². The number of carbonyl (C=O) groups is 1. The van der Waals surface area contributed by atoms with Crippen LogP contribution in [0, 0.1) is 6.92 Å². The molecular weight excluding hydrogens is 484 g/mol. The van der Waals surface area contributed by atoms with E-state index in [4.69, 9.17) is 16.6 Å². The largest absolute Gasteiger partial charge is 0.358 e. The number of imidazole rings is 2. The topological polar surface area (TPSA) is 95.8 Å². The van der Waals surface area contributed by atoms with Gasteiger partial charge in [0.25, 0.3) is 0 Å². The molecule has 1 amide bonds. The number of halogens is 1. The van der Waals surface area contributed by atoms with Crippen molar-refractivity contribution in [2.75, 3.05) is 24.5 Å². The number of hydrogen-bond donors (Lipinski definition) is 1. The first-order valence-electron chi connectivity index (χ1n) is 11.4. The monoisotopic (exact) mass is 506 g/mol. The molecule has 0 saturated carbocycles. The molecule has 1 aromatic carbocycles. The standard InChI is InChI=1S/C24H23ClN8OS/c1-14-10-31(8-9-33(14)19(34)11-32-12-27-18-4-3-7-26-23(18)32)24-21(28-13-35-24)22-29-17-6-5-16(25)15(2)20(17)30-22/h3-7,12-14H,8-11H2,1-2H3,(H,29,30). The molecule has 35 heavy (non-hydrogen) atoms. The Morgan fingerprint density at radius 3 is 2.97 bits per heavy atom. The van der Waals surface area contributed by atoms with Crippen LogP contribution in [-0.2, 0) is 11.3 Å². The molecule has 5 heterocycles. The fraction of sp³-hybridized carbons (Fsp3) is 0.292. The van der Waals surface area contributed by atoms with Gasteiger partial charge in [0.2, 0.25) is 5.91 Å². The van der Waals surface area contributed by atoms with Gasteiger partial charge in [-0.3, -0.25) is 4.79 Å². The van der Waals surface area contributed by atoms with Crippen molar-refractivity contribution in [3.05, 3.63) is 52.9 Å². The minimum atomic E-state index is 0.0469. The first-order chi connectivity index (χ1) is 17.0. The van der Waals surface area contributed by atoms with E-state index in [1.807, 2.05) is 46.2 Å². The Kier molecular flexibility index (Phi) is 5.42. The van der Waals surface area contributed by atoms with E-state index in [2.05, 4.69) is 31.8 Å².